The molecular formula is C10H13N3O. The topological polar surface area (TPSA) is 54.0 Å². The molecule has 1 aromatic rings. The van der Waals surface area contributed by atoms with Crippen molar-refractivity contribution >= 4 is 11.8 Å². The average Bonchev–Trinajstić information content (AvgIpc) is 2.87. The molecule has 0 atom stereocenters. The summed E-state index contributed by atoms with van der Waals surface area (Å²) in [6, 6.07) is 3.95. The number of urea groups is 1. The quantitative estimate of drug-likeness (QED) is 0.747. The molecule has 0 saturated heterocycles. The number of hydrogen-bond acceptors (Lipinski definition) is 2. The van der Waals surface area contributed by atoms with Crippen molar-refractivity contribution in [2.24, 2.45) is 0 Å². The van der Waals surface area contributed by atoms with Crippen molar-refractivity contribution in [2.45, 2.75) is 25.8 Å². The van der Waals surface area contributed by atoms with E-state index < -0.39 is 0 Å². The summed E-state index contributed by atoms with van der Waals surface area (Å²) in [6.45, 7) is 1.96. The zero-order valence-corrected chi connectivity index (χ0v) is 8.08. The lowest BCUT2D eigenvalue weighted by atomic mass is 10.3. The minimum absolute atomic E-state index is 0.161. The fourth-order valence-corrected chi connectivity index (χ4v) is 1.17. The number of hydrogen-bond donors (Lipinski definition) is 2. The highest BCUT2D eigenvalue weighted by atomic mass is 16.2. The molecule has 0 unspecified atom stereocenters. The molecule has 0 aliphatic heterocycles. The molecular weight excluding hydrogens is 178 g/mol. The van der Waals surface area contributed by atoms with E-state index in [-0.39, 0.29) is 6.03 Å². The van der Waals surface area contributed by atoms with E-state index >= 15 is 0 Å². The molecule has 2 rings (SSSR count). The number of anilines is 1. The highest BCUT2D eigenvalue weighted by molar-refractivity contribution is 5.88. The second-order valence-corrected chi connectivity index (χ2v) is 3.59. The molecule has 4 heteroatoms. The van der Waals surface area contributed by atoms with Gasteiger partial charge in [-0.25, -0.2) is 9.78 Å². The molecule has 2 N–H and O–H groups in total. The molecule has 1 aliphatic carbocycles. The van der Waals surface area contributed by atoms with E-state index in [2.05, 4.69) is 15.6 Å². The van der Waals surface area contributed by atoms with Gasteiger partial charge in [-0.15, -0.1) is 0 Å². The van der Waals surface area contributed by atoms with Crippen molar-refractivity contribution in [3.63, 3.8) is 0 Å². The van der Waals surface area contributed by atoms with E-state index in [0.717, 1.165) is 18.4 Å². The lowest BCUT2D eigenvalue weighted by molar-refractivity contribution is 0.251. The predicted octanol–water partition coefficient (Wildman–Crippen LogP) is 1.67. The Balaban J connectivity index is 1.92. The summed E-state index contributed by atoms with van der Waals surface area (Å²) < 4.78 is 0. The third-order valence-electron chi connectivity index (χ3n) is 2.07. The van der Waals surface area contributed by atoms with Crippen LogP contribution in [0.25, 0.3) is 0 Å². The van der Waals surface area contributed by atoms with E-state index in [1.165, 1.54) is 0 Å². The smallest absolute Gasteiger partial charge is 0.320 e. The summed E-state index contributed by atoms with van der Waals surface area (Å²) >= 11 is 0. The summed E-state index contributed by atoms with van der Waals surface area (Å²) in [6.07, 6.45) is 3.87. The van der Waals surface area contributed by atoms with Crippen LogP contribution in [-0.4, -0.2) is 17.1 Å². The third kappa shape index (κ3) is 2.45. The molecule has 2 amide bonds. The Labute approximate surface area is 82.7 Å². The molecule has 0 aromatic carbocycles. The Morgan fingerprint density at radius 2 is 2.36 bits per heavy atom. The molecule has 0 spiro atoms. The van der Waals surface area contributed by atoms with Crippen LogP contribution in [0.1, 0.15) is 18.4 Å². The number of aryl methyl sites for hydroxylation is 1. The van der Waals surface area contributed by atoms with Crippen LogP contribution in [-0.2, 0) is 0 Å². The van der Waals surface area contributed by atoms with Gasteiger partial charge in [0.05, 0.1) is 0 Å². The van der Waals surface area contributed by atoms with E-state index in [9.17, 15) is 4.79 Å². The minimum atomic E-state index is -0.161. The molecule has 1 fully saturated rings. The van der Waals surface area contributed by atoms with Crippen molar-refractivity contribution in [3.8, 4) is 0 Å². The van der Waals surface area contributed by atoms with Crippen molar-refractivity contribution in [2.75, 3.05) is 5.32 Å². The zero-order chi connectivity index (χ0) is 9.97. The van der Waals surface area contributed by atoms with Gasteiger partial charge in [0.25, 0.3) is 0 Å². The van der Waals surface area contributed by atoms with E-state index in [1.54, 1.807) is 6.20 Å². The second kappa shape index (κ2) is 3.65. The van der Waals surface area contributed by atoms with Crippen LogP contribution in [0.5, 0.6) is 0 Å². The first-order chi connectivity index (χ1) is 6.74. The van der Waals surface area contributed by atoms with Gasteiger partial charge in [0.2, 0.25) is 0 Å². The number of aromatic nitrogens is 1. The zero-order valence-electron chi connectivity index (χ0n) is 8.08. The summed E-state index contributed by atoms with van der Waals surface area (Å²) in [5, 5.41) is 5.52. The average molecular weight is 191 g/mol. The van der Waals surface area contributed by atoms with Gasteiger partial charge >= 0.3 is 6.03 Å². The summed E-state index contributed by atoms with van der Waals surface area (Å²) in [5.41, 5.74) is 1.08. The van der Waals surface area contributed by atoms with Gasteiger partial charge in [-0.3, -0.25) is 5.32 Å². The summed E-state index contributed by atoms with van der Waals surface area (Å²) in [5.74, 6) is 0.600. The number of carbonyl (C=O) groups is 1. The molecule has 1 aliphatic rings. The first kappa shape index (κ1) is 8.99. The fourth-order valence-electron chi connectivity index (χ4n) is 1.17. The van der Waals surface area contributed by atoms with Crippen LogP contribution in [0.4, 0.5) is 10.6 Å². The normalized spacial score (nSPS) is 14.9. The minimum Gasteiger partial charge on any atom is -0.335 e. The summed E-state index contributed by atoms with van der Waals surface area (Å²) in [7, 11) is 0. The van der Waals surface area contributed by atoms with Crippen LogP contribution in [0.2, 0.25) is 0 Å². The maximum absolute atomic E-state index is 11.3. The lowest BCUT2D eigenvalue weighted by Gasteiger charge is -2.05. The van der Waals surface area contributed by atoms with Gasteiger partial charge in [-0.2, -0.15) is 0 Å². The van der Waals surface area contributed by atoms with E-state index in [4.69, 9.17) is 0 Å². The molecule has 0 bridgehead atoms. The fraction of sp³-hybridized carbons (Fsp3) is 0.400. The molecule has 1 heterocycles. The van der Waals surface area contributed by atoms with E-state index in [1.807, 2.05) is 19.1 Å². The number of carbonyl (C=O) groups excluding carboxylic acids is 1. The maximum Gasteiger partial charge on any atom is 0.320 e. The van der Waals surface area contributed by atoms with Crippen LogP contribution in [0, 0.1) is 6.92 Å². The third-order valence-corrected chi connectivity index (χ3v) is 2.07. The second-order valence-electron chi connectivity index (χ2n) is 3.59. The van der Waals surface area contributed by atoms with Crippen molar-refractivity contribution < 1.29 is 4.79 Å². The van der Waals surface area contributed by atoms with Crippen LogP contribution in [0.15, 0.2) is 18.3 Å². The highest BCUT2D eigenvalue weighted by Gasteiger charge is 2.23. The number of nitrogens with one attached hydrogen (secondary N) is 2. The lowest BCUT2D eigenvalue weighted by Crippen LogP contribution is -2.30. The molecule has 14 heavy (non-hydrogen) atoms. The van der Waals surface area contributed by atoms with Gasteiger partial charge in [0, 0.05) is 12.2 Å². The number of amides is 2. The van der Waals surface area contributed by atoms with Gasteiger partial charge in [-0.1, -0.05) is 0 Å². The van der Waals surface area contributed by atoms with Crippen LogP contribution in [0.3, 0.4) is 0 Å². The Kier molecular flexibility index (Phi) is 2.35. The number of rotatable bonds is 2. The van der Waals surface area contributed by atoms with Crippen LogP contribution >= 0.6 is 0 Å². The standard InChI is InChI=1S/C10H13N3O/c1-7-4-5-11-9(6-7)13-10(14)12-8-2-3-8/h4-6,8H,2-3H2,1H3,(H2,11,12,13,14). The first-order valence-electron chi connectivity index (χ1n) is 4.74. The van der Waals surface area contributed by atoms with E-state index in [0.29, 0.717) is 11.9 Å². The maximum atomic E-state index is 11.3. The largest absolute Gasteiger partial charge is 0.335 e. The Hall–Kier alpha value is -1.58. The number of nitrogens with zero attached hydrogens (tertiary/aromatic N) is 1. The Morgan fingerprint density at radius 3 is 3.00 bits per heavy atom. The highest BCUT2D eigenvalue weighted by Crippen LogP contribution is 2.18. The molecule has 1 aromatic heterocycles. The molecule has 74 valence electrons. The van der Waals surface area contributed by atoms with Gasteiger partial charge < -0.3 is 5.32 Å². The Bertz CT molecular complexity index is 347. The monoisotopic (exact) mass is 191 g/mol. The van der Waals surface area contributed by atoms with Crippen molar-refractivity contribution in [1.29, 1.82) is 0 Å². The molecule has 0 radical (unpaired) electrons. The first-order valence-corrected chi connectivity index (χ1v) is 4.74. The van der Waals surface area contributed by atoms with Crippen molar-refractivity contribution in [3.05, 3.63) is 23.9 Å². The molecule has 4 nitrogen and oxygen atoms in total. The summed E-state index contributed by atoms with van der Waals surface area (Å²) in [4.78, 5) is 15.3. The van der Waals surface area contributed by atoms with Gasteiger partial charge in [-0.05, 0) is 37.5 Å². The van der Waals surface area contributed by atoms with Crippen LogP contribution < -0.4 is 10.6 Å². The number of pyridine rings is 1. The SMILES string of the molecule is Cc1ccnc(NC(=O)NC2CC2)c1. The molecule has 1 saturated carbocycles. The predicted molar refractivity (Wildman–Crippen MR) is 54.2 cm³/mol. The van der Waals surface area contributed by atoms with Gasteiger partial charge in [0.1, 0.15) is 5.82 Å². The van der Waals surface area contributed by atoms with Gasteiger partial charge in [0.15, 0.2) is 0 Å². The Morgan fingerprint density at radius 1 is 1.57 bits per heavy atom. The van der Waals surface area contributed by atoms with Crippen molar-refractivity contribution in [1.82, 2.24) is 10.3 Å².